The second-order valence-electron chi connectivity index (χ2n) is 11.6. The zero-order valence-electron chi connectivity index (χ0n) is 24.3. The standard InChI is InChI=1S/C37H41NO2/c1-5-28(2)26-37(33-17-8-6-9-18-33,34-19-10-7-11-20-34)27-36(4,23-14-24-38)35(39)40-29(3)31-22-21-30-15-12-13-16-32(30)25-31/h6-13,15-22,25,28-29H,5,14,23,26-27H2,1-4H3. The van der Waals surface area contributed by atoms with Gasteiger partial charge in [-0.3, -0.25) is 4.79 Å². The Morgan fingerprint density at radius 3 is 2.00 bits per heavy atom. The number of hydrogen-bond acceptors (Lipinski definition) is 3. The van der Waals surface area contributed by atoms with Crippen LogP contribution in [0.5, 0.6) is 0 Å². The number of esters is 1. The molecule has 40 heavy (non-hydrogen) atoms. The second kappa shape index (κ2) is 13.0. The van der Waals surface area contributed by atoms with Gasteiger partial charge in [-0.25, -0.2) is 0 Å². The summed E-state index contributed by atoms with van der Waals surface area (Å²) in [6.07, 6.45) is 2.82. The number of ether oxygens (including phenoxy) is 1. The summed E-state index contributed by atoms with van der Waals surface area (Å²) in [5.41, 5.74) is 2.08. The molecule has 3 heteroatoms. The van der Waals surface area contributed by atoms with Crippen molar-refractivity contribution in [1.29, 1.82) is 5.26 Å². The summed E-state index contributed by atoms with van der Waals surface area (Å²) in [4.78, 5) is 14.2. The summed E-state index contributed by atoms with van der Waals surface area (Å²) < 4.78 is 6.25. The first-order valence-electron chi connectivity index (χ1n) is 14.5. The first kappa shape index (κ1) is 29.1. The van der Waals surface area contributed by atoms with Gasteiger partial charge in [-0.15, -0.1) is 0 Å². The highest BCUT2D eigenvalue weighted by molar-refractivity contribution is 5.83. The zero-order chi connectivity index (χ0) is 28.6. The van der Waals surface area contributed by atoms with Crippen LogP contribution in [-0.2, 0) is 14.9 Å². The predicted octanol–water partition coefficient (Wildman–Crippen LogP) is 9.57. The topological polar surface area (TPSA) is 50.1 Å². The molecule has 206 valence electrons. The van der Waals surface area contributed by atoms with Gasteiger partial charge in [0.05, 0.1) is 11.5 Å². The molecule has 0 fully saturated rings. The molecule has 4 aromatic carbocycles. The van der Waals surface area contributed by atoms with E-state index in [0.717, 1.165) is 29.2 Å². The van der Waals surface area contributed by atoms with E-state index in [1.54, 1.807) is 0 Å². The second-order valence-corrected chi connectivity index (χ2v) is 11.6. The van der Waals surface area contributed by atoms with Gasteiger partial charge in [0.1, 0.15) is 6.10 Å². The fourth-order valence-corrected chi connectivity index (χ4v) is 6.02. The molecule has 0 saturated carbocycles. The number of fused-ring (bicyclic) bond motifs is 1. The van der Waals surface area contributed by atoms with Crippen molar-refractivity contribution in [2.45, 2.75) is 71.3 Å². The fourth-order valence-electron chi connectivity index (χ4n) is 6.02. The molecular weight excluding hydrogens is 490 g/mol. The molecule has 0 heterocycles. The molecule has 0 radical (unpaired) electrons. The number of carbonyl (C=O) groups excluding carboxylic acids is 1. The molecule has 0 spiro atoms. The Morgan fingerprint density at radius 1 is 0.850 bits per heavy atom. The number of carbonyl (C=O) groups is 1. The number of nitriles is 1. The van der Waals surface area contributed by atoms with Crippen molar-refractivity contribution in [2.24, 2.45) is 11.3 Å². The summed E-state index contributed by atoms with van der Waals surface area (Å²) >= 11 is 0. The number of nitrogens with zero attached hydrogens (tertiary/aromatic N) is 1. The molecule has 0 aliphatic heterocycles. The Labute approximate surface area is 239 Å². The third-order valence-corrected chi connectivity index (χ3v) is 8.55. The van der Waals surface area contributed by atoms with Crippen LogP contribution in [0.1, 0.15) is 82.6 Å². The maximum atomic E-state index is 14.2. The lowest BCUT2D eigenvalue weighted by Gasteiger charge is -2.43. The average Bonchev–Trinajstić information content (AvgIpc) is 3.00. The molecule has 3 nitrogen and oxygen atoms in total. The van der Waals surface area contributed by atoms with Crippen LogP contribution >= 0.6 is 0 Å². The van der Waals surface area contributed by atoms with Crippen molar-refractivity contribution in [1.82, 2.24) is 0 Å². The van der Waals surface area contributed by atoms with Crippen LogP contribution in [0.25, 0.3) is 10.8 Å². The molecular formula is C37H41NO2. The number of rotatable bonds is 12. The summed E-state index contributed by atoms with van der Waals surface area (Å²) in [7, 11) is 0. The van der Waals surface area contributed by atoms with E-state index in [2.05, 4.69) is 92.7 Å². The van der Waals surface area contributed by atoms with Crippen LogP contribution in [0.15, 0.2) is 103 Å². The third-order valence-electron chi connectivity index (χ3n) is 8.55. The molecule has 3 unspecified atom stereocenters. The fraction of sp³-hybridized carbons (Fsp3) is 0.351. The van der Waals surface area contributed by atoms with Crippen molar-refractivity contribution in [3.63, 3.8) is 0 Å². The van der Waals surface area contributed by atoms with Gasteiger partial charge < -0.3 is 4.74 Å². The first-order chi connectivity index (χ1) is 19.3. The summed E-state index contributed by atoms with van der Waals surface area (Å²) in [6, 6.07) is 37.8. The van der Waals surface area contributed by atoms with Crippen molar-refractivity contribution in [3.05, 3.63) is 120 Å². The maximum absolute atomic E-state index is 14.2. The van der Waals surface area contributed by atoms with Gasteiger partial charge in [0, 0.05) is 11.8 Å². The van der Waals surface area contributed by atoms with Crippen molar-refractivity contribution >= 4 is 16.7 Å². The van der Waals surface area contributed by atoms with E-state index in [-0.39, 0.29) is 5.97 Å². The van der Waals surface area contributed by atoms with Gasteiger partial charge in [0.2, 0.25) is 0 Å². The molecule has 3 atom stereocenters. The smallest absolute Gasteiger partial charge is 0.312 e. The van der Waals surface area contributed by atoms with E-state index in [1.165, 1.54) is 11.1 Å². The minimum atomic E-state index is -0.861. The van der Waals surface area contributed by atoms with Gasteiger partial charge in [-0.2, -0.15) is 5.26 Å². The van der Waals surface area contributed by atoms with Crippen LogP contribution in [0.3, 0.4) is 0 Å². The van der Waals surface area contributed by atoms with Gasteiger partial charge in [-0.05, 0) is 72.6 Å². The normalized spacial score (nSPS) is 14.6. The zero-order valence-corrected chi connectivity index (χ0v) is 24.3. The van der Waals surface area contributed by atoms with Crippen LogP contribution in [-0.4, -0.2) is 5.97 Å². The Hall–Kier alpha value is -3.90. The molecule has 0 aliphatic carbocycles. The van der Waals surface area contributed by atoms with Crippen molar-refractivity contribution in [2.75, 3.05) is 0 Å². The molecule has 0 saturated heterocycles. The lowest BCUT2D eigenvalue weighted by atomic mass is 9.60. The molecule has 0 amide bonds. The largest absolute Gasteiger partial charge is 0.457 e. The van der Waals surface area contributed by atoms with Gasteiger partial charge >= 0.3 is 5.97 Å². The quantitative estimate of drug-likeness (QED) is 0.171. The minimum absolute atomic E-state index is 0.246. The SMILES string of the molecule is CCC(C)CC(CC(C)(CCC#N)C(=O)OC(C)c1ccc2ccccc2c1)(c1ccccc1)c1ccccc1. The van der Waals surface area contributed by atoms with Crippen molar-refractivity contribution in [3.8, 4) is 6.07 Å². The van der Waals surface area contributed by atoms with E-state index in [9.17, 15) is 10.1 Å². The highest BCUT2D eigenvalue weighted by atomic mass is 16.5. The first-order valence-corrected chi connectivity index (χ1v) is 14.5. The third kappa shape index (κ3) is 6.45. The minimum Gasteiger partial charge on any atom is -0.457 e. The summed E-state index contributed by atoms with van der Waals surface area (Å²) in [6.45, 7) is 8.44. The average molecular weight is 532 g/mol. The highest BCUT2D eigenvalue weighted by Gasteiger charge is 2.46. The predicted molar refractivity (Wildman–Crippen MR) is 164 cm³/mol. The Balaban J connectivity index is 1.75. The molecule has 0 aromatic heterocycles. The molecule has 4 rings (SSSR count). The van der Waals surface area contributed by atoms with Gasteiger partial charge in [0.25, 0.3) is 0 Å². The van der Waals surface area contributed by atoms with Gasteiger partial charge in [0.15, 0.2) is 0 Å². The summed E-state index contributed by atoms with van der Waals surface area (Å²) in [5.74, 6) is 0.192. The maximum Gasteiger partial charge on any atom is 0.312 e. The number of hydrogen-bond donors (Lipinski definition) is 0. The molecule has 0 N–H and O–H groups in total. The van der Waals surface area contributed by atoms with Gasteiger partial charge in [-0.1, -0.05) is 117 Å². The van der Waals surface area contributed by atoms with Crippen LogP contribution < -0.4 is 0 Å². The lowest BCUT2D eigenvalue weighted by molar-refractivity contribution is -0.162. The van der Waals surface area contributed by atoms with E-state index in [0.29, 0.717) is 25.2 Å². The number of benzene rings is 4. The lowest BCUT2D eigenvalue weighted by Crippen LogP contribution is -2.41. The van der Waals surface area contributed by atoms with Crippen LogP contribution in [0.2, 0.25) is 0 Å². The molecule has 4 aromatic rings. The van der Waals surface area contributed by atoms with E-state index >= 15 is 0 Å². The highest BCUT2D eigenvalue weighted by Crippen LogP contribution is 2.49. The Kier molecular flexibility index (Phi) is 9.43. The molecule has 0 bridgehead atoms. The van der Waals surface area contributed by atoms with Crippen molar-refractivity contribution < 1.29 is 9.53 Å². The van der Waals surface area contributed by atoms with E-state index in [1.807, 2.05) is 44.2 Å². The Bertz CT molecular complexity index is 1400. The van der Waals surface area contributed by atoms with Crippen LogP contribution in [0, 0.1) is 22.7 Å². The van der Waals surface area contributed by atoms with Crippen LogP contribution in [0.4, 0.5) is 0 Å². The monoisotopic (exact) mass is 531 g/mol. The van der Waals surface area contributed by atoms with E-state index in [4.69, 9.17) is 4.74 Å². The van der Waals surface area contributed by atoms with E-state index < -0.39 is 16.9 Å². The molecule has 0 aliphatic rings. The summed E-state index contributed by atoms with van der Waals surface area (Å²) in [5, 5.41) is 11.9. The Morgan fingerprint density at radius 2 is 1.43 bits per heavy atom.